The lowest BCUT2D eigenvalue weighted by atomic mass is 10.2. The Kier molecular flexibility index (Phi) is 6.91. The van der Waals surface area contributed by atoms with Gasteiger partial charge in [-0.25, -0.2) is 14.8 Å². The molecular formula is C15H20F2N2O2. The number of carbonyl (C=O) groups excluding carboxylic acids is 1. The predicted octanol–water partition coefficient (Wildman–Crippen LogP) is 3.85. The predicted molar refractivity (Wildman–Crippen MR) is 75.2 cm³/mol. The molecule has 0 fully saturated rings. The van der Waals surface area contributed by atoms with Crippen LogP contribution in [0, 0.1) is 6.92 Å². The lowest BCUT2D eigenvalue weighted by molar-refractivity contribution is 0.0506. The van der Waals surface area contributed by atoms with Crippen LogP contribution in [-0.2, 0) is 11.2 Å². The molecule has 1 rings (SSSR count). The zero-order valence-electron chi connectivity index (χ0n) is 12.6. The molecule has 0 aliphatic heterocycles. The third kappa shape index (κ3) is 5.57. The minimum absolute atomic E-state index is 0.0164. The number of rotatable bonds is 7. The number of aromatic nitrogens is 2. The first-order chi connectivity index (χ1) is 9.95. The molecule has 0 N–H and O–H groups in total. The van der Waals surface area contributed by atoms with Crippen LogP contribution in [0.15, 0.2) is 17.9 Å². The molecule has 0 bridgehead atoms. The van der Waals surface area contributed by atoms with E-state index in [0.29, 0.717) is 11.5 Å². The summed E-state index contributed by atoms with van der Waals surface area (Å²) in [6, 6.07) is 0. The highest BCUT2D eigenvalue weighted by atomic mass is 19.3. The summed E-state index contributed by atoms with van der Waals surface area (Å²) < 4.78 is 29.4. The van der Waals surface area contributed by atoms with Gasteiger partial charge in [0.2, 0.25) is 0 Å². The van der Waals surface area contributed by atoms with Gasteiger partial charge in [0.15, 0.2) is 0 Å². The summed E-state index contributed by atoms with van der Waals surface area (Å²) in [5.74, 6) is 0.116. The average molecular weight is 298 g/mol. The Hall–Kier alpha value is -1.85. The molecule has 0 aliphatic rings. The first-order valence-electron chi connectivity index (χ1n) is 6.96. The number of esters is 1. The van der Waals surface area contributed by atoms with Gasteiger partial charge < -0.3 is 4.74 Å². The molecule has 6 heteroatoms. The van der Waals surface area contributed by atoms with Crippen molar-refractivity contribution in [3.05, 3.63) is 34.9 Å². The number of ether oxygens (including phenoxy) is 1. The standard InChI is InChI=1S/C15H20F2N2O2/c1-4-5-6-13-18-9-12(11(3)19-13)15(20)21-8-7-10(2)14(16)17/h9H,4-8H2,1-3H3. The topological polar surface area (TPSA) is 52.1 Å². The normalized spacial score (nSPS) is 10.3. The van der Waals surface area contributed by atoms with Crippen molar-refractivity contribution in [2.24, 2.45) is 0 Å². The van der Waals surface area contributed by atoms with Crippen LogP contribution in [0.4, 0.5) is 8.78 Å². The van der Waals surface area contributed by atoms with Gasteiger partial charge >= 0.3 is 5.97 Å². The van der Waals surface area contributed by atoms with Crippen LogP contribution in [0.3, 0.4) is 0 Å². The molecule has 0 saturated carbocycles. The Bertz CT molecular complexity index is 526. The second kappa shape index (κ2) is 8.44. The number of hydrogen-bond donors (Lipinski definition) is 0. The number of halogens is 2. The molecule has 1 aromatic heterocycles. The molecule has 0 aliphatic carbocycles. The van der Waals surface area contributed by atoms with Gasteiger partial charge in [0.1, 0.15) is 5.82 Å². The average Bonchev–Trinajstić information content (AvgIpc) is 2.44. The number of unbranched alkanes of at least 4 members (excludes halogenated alkanes) is 1. The number of hydrogen-bond acceptors (Lipinski definition) is 4. The van der Waals surface area contributed by atoms with Gasteiger partial charge in [-0.3, -0.25) is 0 Å². The molecule has 21 heavy (non-hydrogen) atoms. The maximum Gasteiger partial charge on any atom is 0.341 e. The minimum atomic E-state index is -1.73. The van der Waals surface area contributed by atoms with Gasteiger partial charge in [0, 0.05) is 19.0 Å². The summed E-state index contributed by atoms with van der Waals surface area (Å²) in [6.45, 7) is 5.01. The smallest absolute Gasteiger partial charge is 0.341 e. The second-order valence-corrected chi connectivity index (χ2v) is 4.82. The largest absolute Gasteiger partial charge is 0.462 e. The molecule has 1 aromatic rings. The molecule has 4 nitrogen and oxygen atoms in total. The fourth-order valence-corrected chi connectivity index (χ4v) is 1.64. The Balaban J connectivity index is 2.60. The summed E-state index contributed by atoms with van der Waals surface area (Å²) in [5, 5.41) is 0. The van der Waals surface area contributed by atoms with Crippen LogP contribution >= 0.6 is 0 Å². The fourth-order valence-electron chi connectivity index (χ4n) is 1.64. The van der Waals surface area contributed by atoms with Crippen LogP contribution in [0.5, 0.6) is 0 Å². The van der Waals surface area contributed by atoms with Gasteiger partial charge in [-0.05, 0) is 25.8 Å². The van der Waals surface area contributed by atoms with E-state index in [9.17, 15) is 13.6 Å². The van der Waals surface area contributed by atoms with Crippen molar-refractivity contribution >= 4 is 5.97 Å². The summed E-state index contributed by atoms with van der Waals surface area (Å²) >= 11 is 0. The van der Waals surface area contributed by atoms with E-state index in [2.05, 4.69) is 16.9 Å². The molecule has 116 valence electrons. The molecule has 0 atom stereocenters. The van der Waals surface area contributed by atoms with E-state index in [1.54, 1.807) is 6.92 Å². The van der Waals surface area contributed by atoms with E-state index >= 15 is 0 Å². The Morgan fingerprint density at radius 1 is 1.38 bits per heavy atom. The van der Waals surface area contributed by atoms with Gasteiger partial charge in [0.25, 0.3) is 6.08 Å². The van der Waals surface area contributed by atoms with Crippen molar-refractivity contribution in [2.75, 3.05) is 6.61 Å². The summed E-state index contributed by atoms with van der Waals surface area (Å²) in [4.78, 5) is 20.2. The molecular weight excluding hydrogens is 278 g/mol. The molecule has 0 saturated heterocycles. The van der Waals surface area contributed by atoms with Gasteiger partial charge in [-0.2, -0.15) is 8.78 Å². The SMILES string of the molecule is CCCCc1ncc(C(=O)OCCC(C)=C(F)F)c(C)n1. The molecule has 0 spiro atoms. The fraction of sp³-hybridized carbons (Fsp3) is 0.533. The minimum Gasteiger partial charge on any atom is -0.462 e. The Morgan fingerprint density at radius 3 is 2.67 bits per heavy atom. The van der Waals surface area contributed by atoms with Crippen LogP contribution in [0.1, 0.15) is 55.0 Å². The number of aryl methyl sites for hydroxylation is 2. The highest BCUT2D eigenvalue weighted by molar-refractivity contribution is 5.90. The first-order valence-corrected chi connectivity index (χ1v) is 6.96. The zero-order chi connectivity index (χ0) is 15.8. The quantitative estimate of drug-likeness (QED) is 0.718. The highest BCUT2D eigenvalue weighted by Gasteiger charge is 2.13. The van der Waals surface area contributed by atoms with Crippen LogP contribution < -0.4 is 0 Å². The van der Waals surface area contributed by atoms with Crippen molar-refractivity contribution in [1.29, 1.82) is 0 Å². The lowest BCUT2D eigenvalue weighted by Crippen LogP contribution is -2.11. The van der Waals surface area contributed by atoms with E-state index in [0.717, 1.165) is 19.3 Å². The van der Waals surface area contributed by atoms with E-state index in [1.165, 1.54) is 13.1 Å². The summed E-state index contributed by atoms with van der Waals surface area (Å²) in [6.07, 6.45) is 2.53. The number of carbonyl (C=O) groups is 1. The maximum absolute atomic E-state index is 12.2. The van der Waals surface area contributed by atoms with E-state index in [-0.39, 0.29) is 24.2 Å². The van der Waals surface area contributed by atoms with Crippen molar-refractivity contribution in [2.45, 2.75) is 46.5 Å². The maximum atomic E-state index is 12.2. The van der Waals surface area contributed by atoms with Crippen LogP contribution in [-0.4, -0.2) is 22.5 Å². The van der Waals surface area contributed by atoms with E-state index < -0.39 is 12.0 Å². The Labute approximate surface area is 123 Å². The molecule has 0 unspecified atom stereocenters. The van der Waals surface area contributed by atoms with E-state index in [1.807, 2.05) is 0 Å². The lowest BCUT2D eigenvalue weighted by Gasteiger charge is -2.07. The second-order valence-electron chi connectivity index (χ2n) is 4.82. The van der Waals surface area contributed by atoms with Gasteiger partial charge in [-0.1, -0.05) is 13.3 Å². The van der Waals surface area contributed by atoms with Crippen molar-refractivity contribution < 1.29 is 18.3 Å². The summed E-state index contributed by atoms with van der Waals surface area (Å²) in [5.41, 5.74) is 0.744. The summed E-state index contributed by atoms with van der Waals surface area (Å²) in [7, 11) is 0. The van der Waals surface area contributed by atoms with Crippen LogP contribution in [0.25, 0.3) is 0 Å². The molecule has 0 aromatic carbocycles. The molecule has 0 amide bonds. The van der Waals surface area contributed by atoms with Crippen molar-refractivity contribution in [1.82, 2.24) is 9.97 Å². The zero-order valence-corrected chi connectivity index (χ0v) is 12.6. The monoisotopic (exact) mass is 298 g/mol. The third-order valence-corrected chi connectivity index (χ3v) is 3.04. The highest BCUT2D eigenvalue weighted by Crippen LogP contribution is 2.12. The van der Waals surface area contributed by atoms with Gasteiger partial charge in [-0.15, -0.1) is 0 Å². The first kappa shape index (κ1) is 17.2. The third-order valence-electron chi connectivity index (χ3n) is 3.04. The van der Waals surface area contributed by atoms with Gasteiger partial charge in [0.05, 0.1) is 17.9 Å². The van der Waals surface area contributed by atoms with Crippen molar-refractivity contribution in [3.8, 4) is 0 Å². The van der Waals surface area contributed by atoms with Crippen molar-refractivity contribution in [3.63, 3.8) is 0 Å². The van der Waals surface area contributed by atoms with E-state index in [4.69, 9.17) is 4.74 Å². The molecule has 0 radical (unpaired) electrons. The van der Waals surface area contributed by atoms with Crippen LogP contribution in [0.2, 0.25) is 0 Å². The Morgan fingerprint density at radius 2 is 2.10 bits per heavy atom. The molecule has 1 heterocycles. The number of nitrogens with zero attached hydrogens (tertiary/aromatic N) is 2.